The number of rotatable bonds is 2. The predicted molar refractivity (Wildman–Crippen MR) is 82.4 cm³/mol. The van der Waals surface area contributed by atoms with E-state index in [2.05, 4.69) is 5.92 Å². The van der Waals surface area contributed by atoms with Crippen LogP contribution in [-0.2, 0) is 0 Å². The van der Waals surface area contributed by atoms with Gasteiger partial charge in [-0.2, -0.15) is 0 Å². The van der Waals surface area contributed by atoms with Crippen molar-refractivity contribution in [2.24, 2.45) is 0 Å². The molecule has 0 N–H and O–H groups in total. The number of hydrogen-bond acceptors (Lipinski definition) is 3. The Kier molecular flexibility index (Phi) is 3.21. The number of hydrogen-bond donors (Lipinski definition) is 0. The molecule has 3 aromatic rings. The monoisotopic (exact) mass is 276 g/mol. The molecule has 0 amide bonds. The molecule has 3 nitrogen and oxygen atoms in total. The van der Waals surface area contributed by atoms with Crippen molar-refractivity contribution in [3.8, 4) is 29.2 Å². The summed E-state index contributed by atoms with van der Waals surface area (Å²) in [5, 5.41) is 0.787. The first kappa shape index (κ1) is 13.0. The summed E-state index contributed by atoms with van der Waals surface area (Å²) in [7, 11) is 1.56. The summed E-state index contributed by atoms with van der Waals surface area (Å²) < 4.78 is 10.5. The van der Waals surface area contributed by atoms with E-state index >= 15 is 0 Å². The van der Waals surface area contributed by atoms with Gasteiger partial charge in [-0.3, -0.25) is 0 Å². The fraction of sp³-hybridized carbons (Fsp3) is 0.0556. The average molecular weight is 276 g/mol. The van der Waals surface area contributed by atoms with Gasteiger partial charge in [0.25, 0.3) is 0 Å². The van der Waals surface area contributed by atoms with Gasteiger partial charge in [0, 0.05) is 17.0 Å². The van der Waals surface area contributed by atoms with Crippen molar-refractivity contribution in [2.45, 2.75) is 0 Å². The van der Waals surface area contributed by atoms with E-state index in [-0.39, 0.29) is 5.56 Å². The van der Waals surface area contributed by atoms with Crippen LogP contribution in [0, 0.1) is 12.3 Å². The maximum absolute atomic E-state index is 12.1. The summed E-state index contributed by atoms with van der Waals surface area (Å²) in [6.07, 6.45) is 5.50. The molecule has 0 radical (unpaired) electrons. The van der Waals surface area contributed by atoms with E-state index in [0.29, 0.717) is 16.9 Å². The zero-order valence-electron chi connectivity index (χ0n) is 11.4. The van der Waals surface area contributed by atoms with Crippen LogP contribution in [0.15, 0.2) is 57.7 Å². The van der Waals surface area contributed by atoms with Gasteiger partial charge >= 0.3 is 5.63 Å². The molecule has 0 spiro atoms. The fourth-order valence-corrected chi connectivity index (χ4v) is 2.34. The Morgan fingerprint density at radius 3 is 2.57 bits per heavy atom. The van der Waals surface area contributed by atoms with Crippen molar-refractivity contribution in [3.05, 3.63) is 64.5 Å². The van der Waals surface area contributed by atoms with E-state index in [0.717, 1.165) is 10.9 Å². The first-order chi connectivity index (χ1) is 10.2. The molecule has 0 saturated heterocycles. The first-order valence-electron chi connectivity index (χ1n) is 6.41. The maximum Gasteiger partial charge on any atom is 0.352 e. The number of terminal acetylenes is 1. The van der Waals surface area contributed by atoms with Crippen LogP contribution in [0.2, 0.25) is 0 Å². The molecular formula is C18H12O3. The molecule has 102 valence electrons. The lowest BCUT2D eigenvalue weighted by Gasteiger charge is -2.09. The first-order valence-corrected chi connectivity index (χ1v) is 6.41. The molecule has 0 saturated carbocycles. The van der Waals surface area contributed by atoms with Crippen molar-refractivity contribution < 1.29 is 9.15 Å². The van der Waals surface area contributed by atoms with Crippen LogP contribution in [0.25, 0.3) is 22.1 Å². The van der Waals surface area contributed by atoms with Gasteiger partial charge in [-0.05, 0) is 17.7 Å². The lowest BCUT2D eigenvalue weighted by molar-refractivity contribution is 0.414. The van der Waals surface area contributed by atoms with Crippen LogP contribution in [-0.4, -0.2) is 7.11 Å². The Labute approximate surface area is 121 Å². The lowest BCUT2D eigenvalue weighted by Crippen LogP contribution is -2.06. The number of ether oxygens (including phenoxy) is 1. The van der Waals surface area contributed by atoms with Crippen molar-refractivity contribution >= 4 is 11.0 Å². The second-order valence-corrected chi connectivity index (χ2v) is 4.51. The molecule has 21 heavy (non-hydrogen) atoms. The molecule has 3 rings (SSSR count). The third-order valence-corrected chi connectivity index (χ3v) is 3.32. The minimum Gasteiger partial charge on any atom is -0.497 e. The highest BCUT2D eigenvalue weighted by Crippen LogP contribution is 2.31. The van der Waals surface area contributed by atoms with E-state index in [4.69, 9.17) is 15.6 Å². The quantitative estimate of drug-likeness (QED) is 0.531. The van der Waals surface area contributed by atoms with Crippen LogP contribution >= 0.6 is 0 Å². The van der Waals surface area contributed by atoms with Crippen molar-refractivity contribution in [3.63, 3.8) is 0 Å². The topological polar surface area (TPSA) is 39.4 Å². The van der Waals surface area contributed by atoms with E-state index in [9.17, 15) is 4.79 Å². The van der Waals surface area contributed by atoms with Gasteiger partial charge in [0.2, 0.25) is 0 Å². The Balaban J connectivity index is 2.45. The van der Waals surface area contributed by atoms with E-state index in [1.165, 1.54) is 0 Å². The molecule has 3 heteroatoms. The standard InChI is InChI=1S/C18H12O3/c1-3-14-17(12-7-5-4-6-8-12)15-10-9-13(20-2)11-16(15)21-18(14)19/h1,4-11H,2H3. The molecule has 1 heterocycles. The molecule has 0 bridgehead atoms. The summed E-state index contributed by atoms with van der Waals surface area (Å²) in [4.78, 5) is 12.1. The molecular weight excluding hydrogens is 264 g/mol. The molecule has 0 fully saturated rings. The summed E-state index contributed by atoms with van der Waals surface area (Å²) in [6, 6.07) is 14.9. The minimum absolute atomic E-state index is 0.235. The summed E-state index contributed by atoms with van der Waals surface area (Å²) in [5.41, 5.74) is 1.77. The van der Waals surface area contributed by atoms with Crippen LogP contribution < -0.4 is 10.4 Å². The van der Waals surface area contributed by atoms with Gasteiger partial charge in [0.1, 0.15) is 16.9 Å². The third-order valence-electron chi connectivity index (χ3n) is 3.32. The molecule has 0 aliphatic heterocycles. The second kappa shape index (κ2) is 5.18. The van der Waals surface area contributed by atoms with Crippen LogP contribution in [0.1, 0.15) is 5.56 Å². The number of fused-ring (bicyclic) bond motifs is 1. The smallest absolute Gasteiger partial charge is 0.352 e. The van der Waals surface area contributed by atoms with E-state index in [1.54, 1.807) is 13.2 Å². The van der Waals surface area contributed by atoms with Gasteiger partial charge in [-0.1, -0.05) is 36.3 Å². The van der Waals surface area contributed by atoms with Gasteiger partial charge < -0.3 is 9.15 Å². The van der Waals surface area contributed by atoms with Crippen molar-refractivity contribution in [1.29, 1.82) is 0 Å². The molecule has 0 aliphatic carbocycles. The molecule has 0 unspecified atom stereocenters. The summed E-state index contributed by atoms with van der Waals surface area (Å²) in [6.45, 7) is 0. The average Bonchev–Trinajstić information content (AvgIpc) is 2.53. The zero-order valence-corrected chi connectivity index (χ0v) is 11.4. The highest BCUT2D eigenvalue weighted by molar-refractivity contribution is 5.96. The maximum atomic E-state index is 12.1. The highest BCUT2D eigenvalue weighted by atomic mass is 16.5. The van der Waals surface area contributed by atoms with Gasteiger partial charge in [-0.25, -0.2) is 4.79 Å². The normalized spacial score (nSPS) is 10.3. The third kappa shape index (κ3) is 2.17. The SMILES string of the molecule is C#Cc1c(-c2ccccc2)c2ccc(OC)cc2oc1=O. The Morgan fingerprint density at radius 1 is 1.14 bits per heavy atom. The predicted octanol–water partition coefficient (Wildman–Crippen LogP) is 3.45. The molecule has 0 atom stereocenters. The van der Waals surface area contributed by atoms with Gasteiger partial charge in [0.05, 0.1) is 7.11 Å². The molecule has 0 aliphatic rings. The second-order valence-electron chi connectivity index (χ2n) is 4.51. The number of methoxy groups -OCH3 is 1. The largest absolute Gasteiger partial charge is 0.497 e. The van der Waals surface area contributed by atoms with Crippen LogP contribution in [0.5, 0.6) is 5.75 Å². The lowest BCUT2D eigenvalue weighted by atomic mass is 9.97. The summed E-state index contributed by atoms with van der Waals surface area (Å²) in [5.74, 6) is 3.07. The fourth-order valence-electron chi connectivity index (χ4n) is 2.34. The highest BCUT2D eigenvalue weighted by Gasteiger charge is 2.15. The zero-order chi connectivity index (χ0) is 14.8. The van der Waals surface area contributed by atoms with Crippen LogP contribution in [0.4, 0.5) is 0 Å². The molecule has 1 aromatic heterocycles. The van der Waals surface area contributed by atoms with Crippen molar-refractivity contribution in [1.82, 2.24) is 0 Å². The molecule has 2 aromatic carbocycles. The van der Waals surface area contributed by atoms with Gasteiger partial charge in [0.15, 0.2) is 0 Å². The Bertz CT molecular complexity index is 899. The minimum atomic E-state index is -0.517. The van der Waals surface area contributed by atoms with E-state index in [1.807, 2.05) is 42.5 Å². The number of benzene rings is 2. The summed E-state index contributed by atoms with van der Waals surface area (Å²) >= 11 is 0. The Morgan fingerprint density at radius 2 is 1.90 bits per heavy atom. The van der Waals surface area contributed by atoms with E-state index < -0.39 is 5.63 Å². The van der Waals surface area contributed by atoms with Crippen LogP contribution in [0.3, 0.4) is 0 Å². The van der Waals surface area contributed by atoms with Crippen molar-refractivity contribution in [2.75, 3.05) is 7.11 Å². The van der Waals surface area contributed by atoms with Gasteiger partial charge in [-0.15, -0.1) is 6.42 Å². The Hall–Kier alpha value is -2.99.